The lowest BCUT2D eigenvalue weighted by Crippen LogP contribution is -2.32. The highest BCUT2D eigenvalue weighted by Crippen LogP contribution is 2.29. The van der Waals surface area contributed by atoms with Gasteiger partial charge in [-0.25, -0.2) is 0 Å². The number of benzene rings is 1. The highest BCUT2D eigenvalue weighted by Gasteiger charge is 2.17. The van der Waals surface area contributed by atoms with Crippen LogP contribution in [-0.4, -0.2) is 18.1 Å². The molecule has 0 saturated carbocycles. The van der Waals surface area contributed by atoms with Gasteiger partial charge in [-0.15, -0.1) is 11.3 Å². The van der Waals surface area contributed by atoms with Crippen LogP contribution in [0.15, 0.2) is 35.7 Å². The van der Waals surface area contributed by atoms with E-state index in [1.54, 1.807) is 11.3 Å². The van der Waals surface area contributed by atoms with Gasteiger partial charge in [-0.2, -0.15) is 0 Å². The van der Waals surface area contributed by atoms with E-state index in [1.165, 1.54) is 4.88 Å². The van der Waals surface area contributed by atoms with E-state index < -0.39 is 0 Å². The summed E-state index contributed by atoms with van der Waals surface area (Å²) in [5, 5.41) is 2.70. The van der Waals surface area contributed by atoms with Crippen molar-refractivity contribution < 1.29 is 0 Å². The monoisotopic (exact) mass is 324 g/mol. The molecule has 0 bridgehead atoms. The number of hydrogen-bond donors (Lipinski definition) is 1. The summed E-state index contributed by atoms with van der Waals surface area (Å²) < 4.78 is 0. The van der Waals surface area contributed by atoms with Crippen molar-refractivity contribution in [2.45, 2.75) is 19.4 Å². The van der Waals surface area contributed by atoms with Crippen molar-refractivity contribution in [1.29, 1.82) is 0 Å². The smallest absolute Gasteiger partial charge is 0.107 e. The van der Waals surface area contributed by atoms with Crippen LogP contribution in [0.1, 0.15) is 17.4 Å². The Morgan fingerprint density at radius 1 is 1.40 bits per heavy atom. The minimum absolute atomic E-state index is 0.334. The lowest BCUT2D eigenvalue weighted by atomic mass is 10.1. The van der Waals surface area contributed by atoms with Crippen molar-refractivity contribution >= 4 is 45.8 Å². The van der Waals surface area contributed by atoms with Crippen LogP contribution in [-0.2, 0) is 6.42 Å². The molecular weight excluding hydrogens is 308 g/mol. The van der Waals surface area contributed by atoms with Crippen molar-refractivity contribution in [3.63, 3.8) is 0 Å². The quantitative estimate of drug-likeness (QED) is 0.839. The Balaban J connectivity index is 2.26. The molecule has 0 aliphatic rings. The van der Waals surface area contributed by atoms with E-state index in [1.807, 2.05) is 25.2 Å². The maximum Gasteiger partial charge on any atom is 0.107 e. The third kappa shape index (κ3) is 3.32. The number of nitrogens with two attached hydrogens (primary N) is 1. The van der Waals surface area contributed by atoms with Crippen molar-refractivity contribution in [3.05, 3.63) is 51.2 Å². The van der Waals surface area contributed by atoms with Crippen LogP contribution in [0.3, 0.4) is 0 Å². The van der Waals surface area contributed by atoms with Gasteiger partial charge in [0.15, 0.2) is 0 Å². The van der Waals surface area contributed by atoms with E-state index in [0.29, 0.717) is 16.1 Å². The Labute approximate surface area is 134 Å². The van der Waals surface area contributed by atoms with Crippen LogP contribution in [0.4, 0.5) is 5.69 Å². The second-order valence-electron chi connectivity index (χ2n) is 4.74. The Morgan fingerprint density at radius 3 is 2.75 bits per heavy atom. The summed E-state index contributed by atoms with van der Waals surface area (Å²) in [7, 11) is 2.05. The first-order chi connectivity index (χ1) is 9.50. The maximum atomic E-state index is 6.22. The van der Waals surface area contributed by atoms with Gasteiger partial charge >= 0.3 is 0 Å². The number of thiocarbonyl (C=S) groups is 1. The third-order valence-electron chi connectivity index (χ3n) is 3.36. The molecule has 5 heteroatoms. The lowest BCUT2D eigenvalue weighted by Gasteiger charge is -2.29. The summed E-state index contributed by atoms with van der Waals surface area (Å²) in [6.45, 7) is 2.18. The molecule has 1 heterocycles. The molecule has 0 saturated heterocycles. The minimum atomic E-state index is 0.334. The number of thiophene rings is 1. The number of rotatable bonds is 5. The average molecular weight is 325 g/mol. The SMILES string of the molecule is CC(Cc1cccs1)N(C)c1cccc(Cl)c1C(N)=S. The van der Waals surface area contributed by atoms with Crippen LogP contribution in [0.2, 0.25) is 5.02 Å². The first kappa shape index (κ1) is 15.3. The fourth-order valence-corrected chi connectivity index (χ4v) is 3.51. The Morgan fingerprint density at radius 2 is 2.15 bits per heavy atom. The lowest BCUT2D eigenvalue weighted by molar-refractivity contribution is 0.688. The molecule has 0 fully saturated rings. The van der Waals surface area contributed by atoms with E-state index in [4.69, 9.17) is 29.6 Å². The number of anilines is 1. The van der Waals surface area contributed by atoms with E-state index in [9.17, 15) is 0 Å². The summed E-state index contributed by atoms with van der Waals surface area (Å²) >= 11 is 13.1. The minimum Gasteiger partial charge on any atom is -0.389 e. The van der Waals surface area contributed by atoms with Crippen LogP contribution in [0.5, 0.6) is 0 Å². The second kappa shape index (κ2) is 6.57. The summed E-state index contributed by atoms with van der Waals surface area (Å²) in [6, 6.07) is 10.3. The number of nitrogens with zero attached hydrogens (tertiary/aromatic N) is 1. The Kier molecular flexibility index (Phi) is 5.02. The molecule has 2 N–H and O–H groups in total. The molecule has 0 aliphatic heterocycles. The van der Waals surface area contributed by atoms with Crippen LogP contribution in [0, 0.1) is 0 Å². The number of hydrogen-bond acceptors (Lipinski definition) is 3. The van der Waals surface area contributed by atoms with Gasteiger partial charge in [-0.05, 0) is 30.5 Å². The summed E-state index contributed by atoms with van der Waals surface area (Å²) in [6.07, 6.45) is 0.984. The predicted octanol–water partition coefficient (Wildman–Crippen LogP) is 4.10. The molecule has 1 aromatic carbocycles. The van der Waals surface area contributed by atoms with Gasteiger partial charge in [0, 0.05) is 30.1 Å². The van der Waals surface area contributed by atoms with Gasteiger partial charge in [0.1, 0.15) is 4.99 Å². The fraction of sp³-hybridized carbons (Fsp3) is 0.267. The molecule has 1 unspecified atom stereocenters. The molecule has 2 nitrogen and oxygen atoms in total. The maximum absolute atomic E-state index is 6.22. The van der Waals surface area contributed by atoms with Gasteiger partial charge in [0.25, 0.3) is 0 Å². The van der Waals surface area contributed by atoms with E-state index in [-0.39, 0.29) is 0 Å². The van der Waals surface area contributed by atoms with Gasteiger partial charge in [-0.1, -0.05) is 36.0 Å². The van der Waals surface area contributed by atoms with Gasteiger partial charge in [-0.3, -0.25) is 0 Å². The van der Waals surface area contributed by atoms with E-state index in [2.05, 4.69) is 29.3 Å². The van der Waals surface area contributed by atoms with E-state index in [0.717, 1.165) is 17.7 Å². The predicted molar refractivity (Wildman–Crippen MR) is 93.2 cm³/mol. The van der Waals surface area contributed by atoms with Crippen LogP contribution >= 0.6 is 35.2 Å². The second-order valence-corrected chi connectivity index (χ2v) is 6.62. The van der Waals surface area contributed by atoms with E-state index >= 15 is 0 Å². The van der Waals surface area contributed by atoms with Crippen molar-refractivity contribution in [1.82, 2.24) is 0 Å². The molecule has 1 atom stereocenters. The molecule has 0 spiro atoms. The highest BCUT2D eigenvalue weighted by molar-refractivity contribution is 7.80. The van der Waals surface area contributed by atoms with Gasteiger partial charge < -0.3 is 10.6 Å². The van der Waals surface area contributed by atoms with Gasteiger partial charge in [0.05, 0.1) is 10.6 Å². The normalized spacial score (nSPS) is 12.2. The molecule has 106 valence electrons. The third-order valence-corrected chi connectivity index (χ3v) is 4.77. The fourth-order valence-electron chi connectivity index (χ4n) is 2.14. The molecule has 0 radical (unpaired) electrons. The molecule has 0 aliphatic carbocycles. The zero-order valence-corrected chi connectivity index (χ0v) is 13.9. The van der Waals surface area contributed by atoms with Gasteiger partial charge in [0.2, 0.25) is 0 Å². The number of halogens is 1. The summed E-state index contributed by atoms with van der Waals surface area (Å²) in [4.78, 5) is 3.88. The van der Waals surface area contributed by atoms with Crippen molar-refractivity contribution in [2.75, 3.05) is 11.9 Å². The van der Waals surface area contributed by atoms with Crippen LogP contribution in [0.25, 0.3) is 0 Å². The largest absolute Gasteiger partial charge is 0.389 e. The van der Waals surface area contributed by atoms with Crippen molar-refractivity contribution in [2.24, 2.45) is 5.73 Å². The highest BCUT2D eigenvalue weighted by atomic mass is 35.5. The Bertz CT molecular complexity index is 596. The first-order valence-corrected chi connectivity index (χ1v) is 8.01. The average Bonchev–Trinajstić information content (AvgIpc) is 2.89. The molecule has 0 amide bonds. The summed E-state index contributed by atoms with van der Waals surface area (Å²) in [5.41, 5.74) is 7.55. The molecule has 1 aromatic heterocycles. The first-order valence-electron chi connectivity index (χ1n) is 6.34. The van der Waals surface area contributed by atoms with Crippen molar-refractivity contribution in [3.8, 4) is 0 Å². The summed E-state index contributed by atoms with van der Waals surface area (Å²) in [5.74, 6) is 0. The standard InChI is InChI=1S/C15H17ClN2S2/c1-10(9-11-5-4-8-20-11)18(2)13-7-3-6-12(16)14(13)15(17)19/h3-8,10H,9H2,1-2H3,(H2,17,19). The molecular formula is C15H17ClN2S2. The topological polar surface area (TPSA) is 29.3 Å². The van der Waals surface area contributed by atoms with Crippen LogP contribution < -0.4 is 10.6 Å². The molecule has 2 aromatic rings. The zero-order valence-electron chi connectivity index (χ0n) is 11.5. The molecule has 2 rings (SSSR count). The molecule has 20 heavy (non-hydrogen) atoms. The number of likely N-dealkylation sites (N-methyl/N-ethyl adjacent to an activating group) is 1. The zero-order chi connectivity index (χ0) is 14.7. The Hall–Kier alpha value is -1.10.